The van der Waals surface area contributed by atoms with Crippen molar-refractivity contribution in [2.75, 3.05) is 63.5 Å². The van der Waals surface area contributed by atoms with Crippen LogP contribution in [0.4, 0.5) is 44.2 Å². The Kier molecular flexibility index (Phi) is 9.36. The molecular formula is C39H40N14O6. The molecule has 0 spiro atoms. The number of carbonyl (C=O) groups is 4. The van der Waals surface area contributed by atoms with Crippen LogP contribution >= 0.6 is 0 Å². The van der Waals surface area contributed by atoms with Gasteiger partial charge >= 0.3 is 24.0 Å². The van der Waals surface area contributed by atoms with Gasteiger partial charge in [0, 0.05) is 37.6 Å². The molecule has 0 unspecified atom stereocenters. The van der Waals surface area contributed by atoms with Crippen molar-refractivity contribution in [1.29, 1.82) is 0 Å². The summed E-state index contributed by atoms with van der Waals surface area (Å²) in [6.45, 7) is 6.94. The number of aryl methyl sites for hydroxylation is 2. The molecule has 20 nitrogen and oxygen atoms in total. The Morgan fingerprint density at radius 1 is 0.678 bits per heavy atom. The monoisotopic (exact) mass is 800 g/mol. The first-order chi connectivity index (χ1) is 28.6. The molecule has 5 N–H and O–H groups in total. The number of pyridine rings is 4. The van der Waals surface area contributed by atoms with Crippen LogP contribution in [0, 0.1) is 13.8 Å². The molecule has 4 aliphatic rings. The summed E-state index contributed by atoms with van der Waals surface area (Å²) in [6, 6.07) is 13.2. The van der Waals surface area contributed by atoms with E-state index in [0.29, 0.717) is 46.5 Å². The standard InChI is InChI=1S/C20H21N7O3.C19H19N7O3/c1-11-5-6-13-16(21-11)24-25-17(13)23-20(29)27-12-4-3-9-26(10-12)15-8-7-14(19(28)30-2)22-18(15)27;1-10-4-5-12-15(20-10)23-24-16(12)22-19(29)26-11-3-2-8-25(9-11)14-7-6-13(18(27)28)21-17(14)26/h5-8,12H,3-4,9-10H2,1-2H3,(H2,21,23,24,25,29);4-7,11H,2-3,8-9H2,1H3,(H,27,28)(H2,20,22,23,24,29)/t12-;11-/m00/s1. The zero-order valence-corrected chi connectivity index (χ0v) is 32.4. The van der Waals surface area contributed by atoms with Crippen LogP contribution < -0.4 is 30.2 Å². The van der Waals surface area contributed by atoms with E-state index >= 15 is 0 Å². The van der Waals surface area contributed by atoms with Crippen LogP contribution in [0.15, 0.2) is 48.5 Å². The van der Waals surface area contributed by atoms with E-state index in [1.165, 1.54) is 13.2 Å². The number of amides is 4. The SMILES string of the molecule is COC(=O)c1ccc2c(n1)N(C(=O)Nc1n[nH]c3nc(C)ccc13)[C@H]1CCCN2C1.Cc1ccc2c(NC(=O)N3c4nc(C(=O)O)ccc4N4CCC[C@H]3C4)n[nH]c2n1. The number of aromatic amines is 2. The molecule has 20 heteroatoms. The number of aromatic nitrogens is 8. The topological polar surface area (TPSA) is 244 Å². The number of aromatic carboxylic acids is 1. The predicted octanol–water partition coefficient (Wildman–Crippen LogP) is 4.85. The fraction of sp³-hybridized carbons (Fsp3) is 0.333. The number of nitrogens with one attached hydrogen (secondary N) is 4. The number of ether oxygens (including phenoxy) is 1. The normalized spacial score (nSPS) is 17.7. The Bertz CT molecular complexity index is 2660. The smallest absolute Gasteiger partial charge is 0.356 e. The molecule has 2 fully saturated rings. The Labute approximate surface area is 336 Å². The maximum Gasteiger partial charge on any atom is 0.356 e. The van der Waals surface area contributed by atoms with E-state index in [0.717, 1.165) is 73.5 Å². The highest BCUT2D eigenvalue weighted by Gasteiger charge is 2.40. The minimum Gasteiger partial charge on any atom is -0.477 e. The zero-order valence-electron chi connectivity index (χ0n) is 32.4. The van der Waals surface area contributed by atoms with Gasteiger partial charge in [-0.25, -0.2) is 39.1 Å². The van der Waals surface area contributed by atoms with Crippen LogP contribution in [0.3, 0.4) is 0 Å². The van der Waals surface area contributed by atoms with Crippen molar-refractivity contribution >= 4 is 80.7 Å². The Balaban J connectivity index is 0.000000152. The van der Waals surface area contributed by atoms with Gasteiger partial charge in [-0.05, 0) is 88.1 Å². The van der Waals surface area contributed by atoms with Crippen molar-refractivity contribution in [2.24, 2.45) is 0 Å². The molecule has 0 saturated carbocycles. The van der Waals surface area contributed by atoms with Gasteiger partial charge in [0.1, 0.15) is 0 Å². The van der Waals surface area contributed by atoms with Gasteiger partial charge in [-0.15, -0.1) is 0 Å². The molecule has 6 aromatic rings. The van der Waals surface area contributed by atoms with Crippen LogP contribution in [0.5, 0.6) is 0 Å². The average Bonchev–Trinajstić information content (AvgIpc) is 3.82. The van der Waals surface area contributed by atoms with Crippen LogP contribution in [-0.2, 0) is 4.74 Å². The van der Waals surface area contributed by atoms with Gasteiger partial charge in [0.25, 0.3) is 0 Å². The minimum atomic E-state index is -1.13. The number of piperidine rings is 2. The number of urea groups is 2. The highest BCUT2D eigenvalue weighted by atomic mass is 16.5. The number of fused-ring (bicyclic) bond motifs is 10. The molecular weight excluding hydrogens is 761 g/mol. The van der Waals surface area contributed by atoms with Crippen LogP contribution in [0.2, 0.25) is 0 Å². The number of nitrogens with zero attached hydrogens (tertiary/aromatic N) is 10. The summed E-state index contributed by atoms with van der Waals surface area (Å²) >= 11 is 0. The lowest BCUT2D eigenvalue weighted by Crippen LogP contribution is -2.56. The second-order valence-electron chi connectivity index (χ2n) is 14.8. The molecule has 6 aromatic heterocycles. The quantitative estimate of drug-likeness (QED) is 0.150. The first-order valence-corrected chi connectivity index (χ1v) is 19.2. The minimum absolute atomic E-state index is 0.0442. The number of H-pyrrole nitrogens is 2. The fourth-order valence-electron chi connectivity index (χ4n) is 8.22. The molecule has 10 heterocycles. The molecule has 4 amide bonds. The summed E-state index contributed by atoms with van der Waals surface area (Å²) < 4.78 is 4.80. The lowest BCUT2D eigenvalue weighted by Gasteiger charge is -2.45. The zero-order chi connectivity index (χ0) is 40.9. The summed E-state index contributed by atoms with van der Waals surface area (Å²) in [5, 5.41) is 30.6. The van der Waals surface area contributed by atoms with Crippen LogP contribution in [0.1, 0.15) is 58.0 Å². The van der Waals surface area contributed by atoms with E-state index < -0.39 is 11.9 Å². The number of hydrogen-bond acceptors (Lipinski definition) is 13. The first-order valence-electron chi connectivity index (χ1n) is 19.2. The number of anilines is 6. The number of carbonyl (C=O) groups excluding carboxylic acids is 3. The largest absolute Gasteiger partial charge is 0.477 e. The van der Waals surface area contributed by atoms with Gasteiger partial charge in [-0.2, -0.15) is 10.2 Å². The maximum atomic E-state index is 13.4. The second-order valence-corrected chi connectivity index (χ2v) is 14.8. The van der Waals surface area contributed by atoms with Gasteiger partial charge in [0.15, 0.2) is 46.0 Å². The predicted molar refractivity (Wildman–Crippen MR) is 217 cm³/mol. The second kappa shape index (κ2) is 14.8. The molecule has 302 valence electrons. The Morgan fingerprint density at radius 2 is 1.15 bits per heavy atom. The number of rotatable bonds is 4. The third-order valence-corrected chi connectivity index (χ3v) is 11.0. The van der Waals surface area contributed by atoms with E-state index in [-0.39, 0.29) is 35.5 Å². The number of methoxy groups -OCH3 is 1. The van der Waals surface area contributed by atoms with Gasteiger partial charge in [-0.1, -0.05) is 0 Å². The van der Waals surface area contributed by atoms with Gasteiger partial charge in [-0.3, -0.25) is 30.6 Å². The van der Waals surface area contributed by atoms with E-state index in [1.54, 1.807) is 21.9 Å². The van der Waals surface area contributed by atoms with Gasteiger partial charge in [0.05, 0.1) is 41.3 Å². The van der Waals surface area contributed by atoms with Crippen molar-refractivity contribution in [3.63, 3.8) is 0 Å². The summed E-state index contributed by atoms with van der Waals surface area (Å²) in [5.74, 6) is -0.0485. The molecule has 0 radical (unpaired) electrons. The first kappa shape index (κ1) is 37.2. The Morgan fingerprint density at radius 3 is 1.63 bits per heavy atom. The maximum absolute atomic E-state index is 13.4. The molecule has 10 rings (SSSR count). The van der Waals surface area contributed by atoms with Crippen molar-refractivity contribution in [2.45, 2.75) is 51.6 Å². The van der Waals surface area contributed by atoms with Crippen molar-refractivity contribution in [1.82, 2.24) is 40.3 Å². The molecule has 2 atom stereocenters. The third kappa shape index (κ3) is 6.80. The van der Waals surface area contributed by atoms with E-state index in [4.69, 9.17) is 4.74 Å². The number of carboxylic acid groups (broad SMARTS) is 1. The van der Waals surface area contributed by atoms with Crippen LogP contribution in [0.25, 0.3) is 22.1 Å². The fourth-order valence-corrected chi connectivity index (χ4v) is 8.22. The molecule has 0 aromatic carbocycles. The number of esters is 1. The number of hydrogen-bond donors (Lipinski definition) is 5. The van der Waals surface area contributed by atoms with Crippen molar-refractivity contribution < 1.29 is 29.0 Å². The average molecular weight is 801 g/mol. The highest BCUT2D eigenvalue weighted by molar-refractivity contribution is 6.09. The van der Waals surface area contributed by atoms with Crippen molar-refractivity contribution in [3.8, 4) is 0 Å². The lowest BCUT2D eigenvalue weighted by molar-refractivity contribution is 0.0593. The van der Waals surface area contributed by atoms with Gasteiger partial charge < -0.3 is 19.6 Å². The highest BCUT2D eigenvalue weighted by Crippen LogP contribution is 2.40. The summed E-state index contributed by atoms with van der Waals surface area (Å²) in [6.07, 6.45) is 3.60. The van der Waals surface area contributed by atoms with Gasteiger partial charge in [0.2, 0.25) is 0 Å². The van der Waals surface area contributed by atoms with E-state index in [9.17, 15) is 24.3 Å². The molecule has 59 heavy (non-hydrogen) atoms. The van der Waals surface area contributed by atoms with Crippen LogP contribution in [-0.4, -0.2) is 115 Å². The van der Waals surface area contributed by atoms with E-state index in [2.05, 4.69) is 60.8 Å². The van der Waals surface area contributed by atoms with Crippen molar-refractivity contribution in [3.05, 3.63) is 71.3 Å². The number of carboxylic acids is 1. The van der Waals surface area contributed by atoms with E-state index in [1.807, 2.05) is 44.2 Å². The molecule has 4 aliphatic heterocycles. The summed E-state index contributed by atoms with van der Waals surface area (Å²) in [4.78, 5) is 75.1. The summed E-state index contributed by atoms with van der Waals surface area (Å²) in [5.41, 5.74) is 4.58. The molecule has 4 bridgehead atoms. The molecule has 2 saturated heterocycles. The third-order valence-electron chi connectivity index (χ3n) is 11.0. The Hall–Kier alpha value is -7.38. The lowest BCUT2D eigenvalue weighted by atomic mass is 10.00. The molecule has 0 aliphatic carbocycles. The summed E-state index contributed by atoms with van der Waals surface area (Å²) in [7, 11) is 1.31.